The van der Waals surface area contributed by atoms with Crippen molar-refractivity contribution in [2.75, 3.05) is 24.7 Å². The van der Waals surface area contributed by atoms with Crippen LogP contribution in [0.4, 0.5) is 17.1 Å². The van der Waals surface area contributed by atoms with Gasteiger partial charge in [0.2, 0.25) is 0 Å². The van der Waals surface area contributed by atoms with Gasteiger partial charge in [0, 0.05) is 19.0 Å². The Hall–Kier alpha value is -3.13. The fourth-order valence-corrected chi connectivity index (χ4v) is 4.18. The first-order valence-electron chi connectivity index (χ1n) is 9.46. The maximum Gasteiger partial charge on any atom is 0.257 e. The van der Waals surface area contributed by atoms with Crippen molar-refractivity contribution in [3.05, 3.63) is 66.6 Å². The van der Waals surface area contributed by atoms with Crippen LogP contribution in [0, 0.1) is 5.41 Å². The molecule has 0 aliphatic carbocycles. The van der Waals surface area contributed by atoms with Crippen LogP contribution in [0.5, 0.6) is 5.75 Å². The number of rotatable bonds is 6. The lowest BCUT2D eigenvalue weighted by atomic mass is 9.85. The molecule has 0 saturated carbocycles. The van der Waals surface area contributed by atoms with Crippen LogP contribution in [0.3, 0.4) is 0 Å². The van der Waals surface area contributed by atoms with Crippen molar-refractivity contribution >= 4 is 34.3 Å². The Balaban J connectivity index is 1.95. The number of amides is 1. The predicted molar refractivity (Wildman–Crippen MR) is 121 cm³/mol. The molecule has 0 spiro atoms. The Bertz CT molecular complexity index is 1140. The molecule has 1 aromatic heterocycles. The fourth-order valence-electron chi connectivity index (χ4n) is 3.16. The summed E-state index contributed by atoms with van der Waals surface area (Å²) in [6, 6.07) is 8.37. The van der Waals surface area contributed by atoms with E-state index in [9.17, 15) is 19.5 Å². The minimum Gasteiger partial charge on any atom is -0.505 e. The lowest BCUT2D eigenvalue weighted by Gasteiger charge is -2.32. The smallest absolute Gasteiger partial charge is 0.257 e. The molecule has 3 aromatic rings. The molecule has 3 N–H and O–H groups in total. The zero-order valence-corrected chi connectivity index (χ0v) is 18.4. The standard InChI is InChI=1S/C22H25N3O4S/c1-22(2,3)20(14-10-7-11-30-14)24-16-15(18(27)19(16)28)23-13-9-6-8-12(17(13)26)21(29)25(4)5/h6-11,20,23-24,26H,1-5H3/t20-/m0/s1. The first-order chi connectivity index (χ1) is 14.0. The molecule has 0 fully saturated rings. The highest BCUT2D eigenvalue weighted by Gasteiger charge is 2.32. The van der Waals surface area contributed by atoms with Crippen molar-refractivity contribution in [2.45, 2.75) is 26.8 Å². The van der Waals surface area contributed by atoms with E-state index in [0.717, 1.165) is 4.88 Å². The lowest BCUT2D eigenvalue weighted by Crippen LogP contribution is -2.39. The van der Waals surface area contributed by atoms with E-state index in [4.69, 9.17) is 0 Å². The molecule has 158 valence electrons. The number of para-hydroxylation sites is 1. The number of hydrogen-bond acceptors (Lipinski definition) is 7. The second-order valence-corrected chi connectivity index (χ2v) is 9.37. The Kier molecular flexibility index (Phi) is 5.72. The van der Waals surface area contributed by atoms with Crippen LogP contribution in [-0.4, -0.2) is 30.0 Å². The predicted octanol–water partition coefficient (Wildman–Crippen LogP) is 3.69. The molecule has 7 nitrogen and oxygen atoms in total. The van der Waals surface area contributed by atoms with E-state index in [-0.39, 0.29) is 45.7 Å². The van der Waals surface area contributed by atoms with Crippen molar-refractivity contribution < 1.29 is 9.90 Å². The van der Waals surface area contributed by atoms with Crippen molar-refractivity contribution in [1.29, 1.82) is 0 Å². The third-order valence-corrected chi connectivity index (χ3v) is 5.76. The van der Waals surface area contributed by atoms with Crippen LogP contribution in [-0.2, 0) is 0 Å². The van der Waals surface area contributed by atoms with Gasteiger partial charge in [0.05, 0.1) is 17.3 Å². The number of carbonyl (C=O) groups is 1. The number of benzene rings is 1. The molecule has 2 aromatic carbocycles. The van der Waals surface area contributed by atoms with Crippen molar-refractivity contribution in [3.8, 4) is 5.75 Å². The average molecular weight is 428 g/mol. The number of hydrogen-bond donors (Lipinski definition) is 3. The Morgan fingerprint density at radius 1 is 1.07 bits per heavy atom. The SMILES string of the molecule is CN(C)C(=O)c1cccc(Nc2c(N[C@@H](c3cccs3)C(C)(C)C)c(=O)c2=O)c1O. The molecule has 0 bridgehead atoms. The molecule has 1 atom stereocenters. The summed E-state index contributed by atoms with van der Waals surface area (Å²) >= 11 is 1.57. The Morgan fingerprint density at radius 3 is 2.30 bits per heavy atom. The molecule has 0 saturated heterocycles. The topological polar surface area (TPSA) is 98.7 Å². The normalized spacial score (nSPS) is 12.6. The van der Waals surface area contributed by atoms with Gasteiger partial charge in [0.15, 0.2) is 5.75 Å². The number of carbonyl (C=O) groups excluding carboxylic acids is 1. The summed E-state index contributed by atoms with van der Waals surface area (Å²) in [6.07, 6.45) is 0. The number of phenolic OH excluding ortho intramolecular Hbond substituents is 1. The van der Waals surface area contributed by atoms with E-state index >= 15 is 0 Å². The second-order valence-electron chi connectivity index (χ2n) is 8.39. The third kappa shape index (κ3) is 3.95. The summed E-state index contributed by atoms with van der Waals surface area (Å²) in [7, 11) is 3.16. The molecule has 0 aliphatic heterocycles. The van der Waals surface area contributed by atoms with Crippen LogP contribution in [0.25, 0.3) is 0 Å². The maximum atomic E-state index is 12.3. The first-order valence-corrected chi connectivity index (χ1v) is 10.3. The van der Waals surface area contributed by atoms with Crippen LogP contribution >= 0.6 is 11.3 Å². The molecule has 0 radical (unpaired) electrons. The molecule has 30 heavy (non-hydrogen) atoms. The van der Waals surface area contributed by atoms with Gasteiger partial charge in [-0.05, 0) is 29.0 Å². The monoisotopic (exact) mass is 427 g/mol. The van der Waals surface area contributed by atoms with Gasteiger partial charge in [-0.2, -0.15) is 0 Å². The number of phenols is 1. The Morgan fingerprint density at radius 2 is 1.73 bits per heavy atom. The van der Waals surface area contributed by atoms with E-state index in [2.05, 4.69) is 10.6 Å². The van der Waals surface area contributed by atoms with Crippen molar-refractivity contribution in [2.24, 2.45) is 5.41 Å². The molecule has 1 amide bonds. The van der Waals surface area contributed by atoms with Gasteiger partial charge < -0.3 is 20.6 Å². The van der Waals surface area contributed by atoms with E-state index in [1.807, 2.05) is 38.3 Å². The van der Waals surface area contributed by atoms with E-state index < -0.39 is 10.9 Å². The number of nitrogens with one attached hydrogen (secondary N) is 2. The van der Waals surface area contributed by atoms with Gasteiger partial charge in [-0.1, -0.05) is 32.9 Å². The summed E-state index contributed by atoms with van der Waals surface area (Å²) in [6.45, 7) is 6.14. The molecule has 0 aliphatic rings. The highest BCUT2D eigenvalue weighted by molar-refractivity contribution is 7.10. The average Bonchev–Trinajstić information content (AvgIpc) is 3.20. The van der Waals surface area contributed by atoms with Gasteiger partial charge in [0.1, 0.15) is 11.4 Å². The van der Waals surface area contributed by atoms with Crippen molar-refractivity contribution in [3.63, 3.8) is 0 Å². The Labute approximate surface area is 178 Å². The first kappa shape index (κ1) is 21.6. The number of thiophene rings is 1. The van der Waals surface area contributed by atoms with E-state index in [0.29, 0.717) is 0 Å². The van der Waals surface area contributed by atoms with Crippen LogP contribution in [0.1, 0.15) is 42.0 Å². The molecular formula is C22H25N3O4S. The number of anilines is 3. The van der Waals surface area contributed by atoms with Gasteiger partial charge in [-0.15, -0.1) is 11.3 Å². The zero-order valence-electron chi connectivity index (χ0n) is 17.6. The van der Waals surface area contributed by atoms with E-state index in [1.165, 1.54) is 11.0 Å². The molecule has 8 heteroatoms. The quantitative estimate of drug-likeness (QED) is 0.410. The van der Waals surface area contributed by atoms with Crippen LogP contribution in [0.2, 0.25) is 0 Å². The van der Waals surface area contributed by atoms with E-state index in [1.54, 1.807) is 37.6 Å². The van der Waals surface area contributed by atoms with Crippen LogP contribution in [0.15, 0.2) is 45.3 Å². The summed E-state index contributed by atoms with van der Waals surface area (Å²) in [5.41, 5.74) is -0.955. The minimum absolute atomic E-state index is 0.0792. The largest absolute Gasteiger partial charge is 0.505 e. The van der Waals surface area contributed by atoms with Gasteiger partial charge in [-0.25, -0.2) is 0 Å². The highest BCUT2D eigenvalue weighted by atomic mass is 32.1. The summed E-state index contributed by atoms with van der Waals surface area (Å²) in [4.78, 5) is 39.2. The third-order valence-electron chi connectivity index (χ3n) is 4.83. The fraction of sp³-hybridized carbons (Fsp3) is 0.318. The van der Waals surface area contributed by atoms with Crippen LogP contribution < -0.4 is 21.5 Å². The minimum atomic E-state index is -0.667. The van der Waals surface area contributed by atoms with Gasteiger partial charge in [-0.3, -0.25) is 14.4 Å². The summed E-state index contributed by atoms with van der Waals surface area (Å²) in [5, 5.41) is 18.6. The summed E-state index contributed by atoms with van der Waals surface area (Å²) < 4.78 is 0. The second kappa shape index (κ2) is 7.95. The molecule has 3 rings (SSSR count). The summed E-state index contributed by atoms with van der Waals surface area (Å²) in [5.74, 6) is -0.647. The zero-order chi connectivity index (χ0) is 22.2. The van der Waals surface area contributed by atoms with Gasteiger partial charge in [0.25, 0.3) is 16.8 Å². The number of nitrogens with zero attached hydrogens (tertiary/aromatic N) is 1. The highest BCUT2D eigenvalue weighted by Crippen LogP contribution is 2.39. The number of aromatic hydroxyl groups is 1. The molecular weight excluding hydrogens is 402 g/mol. The molecule has 1 heterocycles. The molecule has 0 unspecified atom stereocenters. The maximum absolute atomic E-state index is 12.3. The lowest BCUT2D eigenvalue weighted by molar-refractivity contribution is 0.0824. The van der Waals surface area contributed by atoms with Crippen molar-refractivity contribution in [1.82, 2.24) is 4.90 Å². The van der Waals surface area contributed by atoms with Gasteiger partial charge >= 0.3 is 0 Å².